The minimum atomic E-state index is -0.0624. The Morgan fingerprint density at radius 2 is 2.26 bits per heavy atom. The van der Waals surface area contributed by atoms with Gasteiger partial charge in [-0.25, -0.2) is 0 Å². The molecule has 4 atom stereocenters. The number of hydrogen-bond acceptors (Lipinski definition) is 3. The monoisotopic (exact) mass is 364 g/mol. The van der Waals surface area contributed by atoms with Crippen molar-refractivity contribution >= 4 is 11.6 Å². The molecule has 4 aliphatic rings. The van der Waals surface area contributed by atoms with E-state index in [1.54, 1.807) is 10.9 Å². The van der Waals surface area contributed by atoms with Crippen LogP contribution in [0.4, 0.5) is 5.69 Å². The molecule has 2 aromatic rings. The van der Waals surface area contributed by atoms with Crippen molar-refractivity contribution in [2.75, 3.05) is 5.32 Å². The molecule has 2 aliphatic heterocycles. The number of amides is 1. The van der Waals surface area contributed by atoms with E-state index in [4.69, 9.17) is 0 Å². The lowest BCUT2D eigenvalue weighted by atomic mass is 9.58. The second-order valence-electron chi connectivity index (χ2n) is 9.11. The molecule has 5 nitrogen and oxygen atoms in total. The summed E-state index contributed by atoms with van der Waals surface area (Å²) in [7, 11) is 1.85. The molecule has 4 bridgehead atoms. The van der Waals surface area contributed by atoms with Crippen LogP contribution in [-0.4, -0.2) is 27.3 Å². The van der Waals surface area contributed by atoms with Gasteiger partial charge in [-0.15, -0.1) is 0 Å². The molecule has 5 heteroatoms. The van der Waals surface area contributed by atoms with Crippen LogP contribution < -0.4 is 10.6 Å². The van der Waals surface area contributed by atoms with E-state index in [0.717, 1.165) is 11.4 Å². The minimum absolute atomic E-state index is 0.0624. The zero-order valence-electron chi connectivity index (χ0n) is 16.5. The average molecular weight is 364 g/mol. The number of piperidine rings is 1. The molecule has 2 N–H and O–H groups in total. The van der Waals surface area contributed by atoms with Crippen LogP contribution in [0.3, 0.4) is 0 Å². The molecule has 2 saturated heterocycles. The second kappa shape index (κ2) is 5.68. The van der Waals surface area contributed by atoms with E-state index in [-0.39, 0.29) is 11.4 Å². The van der Waals surface area contributed by atoms with Crippen molar-refractivity contribution in [2.45, 2.75) is 63.5 Å². The Balaban J connectivity index is 1.49. The molecule has 0 radical (unpaired) electrons. The van der Waals surface area contributed by atoms with Crippen LogP contribution in [-0.2, 0) is 7.05 Å². The number of carbonyl (C=O) groups is 1. The van der Waals surface area contributed by atoms with Gasteiger partial charge >= 0.3 is 0 Å². The van der Waals surface area contributed by atoms with E-state index in [1.807, 2.05) is 14.0 Å². The Bertz CT molecular complexity index is 926. The summed E-state index contributed by atoms with van der Waals surface area (Å²) in [5.74, 6) is 1.75. The fourth-order valence-electron chi connectivity index (χ4n) is 6.13. The molecule has 3 heterocycles. The first-order valence-electron chi connectivity index (χ1n) is 10.1. The molecule has 1 amide bonds. The van der Waals surface area contributed by atoms with Gasteiger partial charge in [0, 0.05) is 42.3 Å². The molecule has 3 fully saturated rings. The number of nitrogens with zero attached hydrogens (tertiary/aromatic N) is 2. The molecular formula is C22H28N4O. The summed E-state index contributed by atoms with van der Waals surface area (Å²) in [6, 6.07) is 7.01. The highest BCUT2D eigenvalue weighted by Crippen LogP contribution is 2.64. The third kappa shape index (κ3) is 2.34. The Kier molecular flexibility index (Phi) is 3.57. The first-order valence-corrected chi connectivity index (χ1v) is 10.1. The normalized spacial score (nSPS) is 30.2. The molecule has 0 spiro atoms. The summed E-state index contributed by atoms with van der Waals surface area (Å²) in [5, 5.41) is 11.4. The summed E-state index contributed by atoms with van der Waals surface area (Å²) >= 11 is 0. The number of benzene rings is 1. The first kappa shape index (κ1) is 17.0. The molecule has 6 rings (SSSR count). The SMILES string of the molecule is Cc1nn(C)cc1C(=O)Nc1cccc2c1C1CCC3(CC(C)C)NC1C23. The lowest BCUT2D eigenvalue weighted by Crippen LogP contribution is -2.72. The Labute approximate surface area is 160 Å². The third-order valence-corrected chi connectivity index (χ3v) is 6.87. The van der Waals surface area contributed by atoms with Gasteiger partial charge < -0.3 is 10.6 Å². The van der Waals surface area contributed by atoms with Crippen LogP contribution in [0, 0.1) is 12.8 Å². The Morgan fingerprint density at radius 3 is 2.93 bits per heavy atom. The summed E-state index contributed by atoms with van der Waals surface area (Å²) in [5.41, 5.74) is 5.50. The summed E-state index contributed by atoms with van der Waals surface area (Å²) in [6.07, 6.45) is 5.47. The van der Waals surface area contributed by atoms with E-state index in [9.17, 15) is 4.79 Å². The first-order chi connectivity index (χ1) is 12.9. The highest BCUT2D eigenvalue weighted by molar-refractivity contribution is 6.05. The third-order valence-electron chi connectivity index (χ3n) is 6.87. The average Bonchev–Trinajstić information content (AvgIpc) is 3.03. The van der Waals surface area contributed by atoms with Crippen molar-refractivity contribution in [2.24, 2.45) is 13.0 Å². The molecule has 1 aromatic heterocycles. The number of rotatable bonds is 4. The number of aromatic nitrogens is 2. The van der Waals surface area contributed by atoms with Crippen LogP contribution >= 0.6 is 0 Å². The van der Waals surface area contributed by atoms with E-state index in [1.165, 1.54) is 30.4 Å². The van der Waals surface area contributed by atoms with Gasteiger partial charge in [0.25, 0.3) is 5.91 Å². The van der Waals surface area contributed by atoms with E-state index >= 15 is 0 Å². The quantitative estimate of drug-likeness (QED) is 0.869. The molecule has 1 aromatic carbocycles. The van der Waals surface area contributed by atoms with Gasteiger partial charge in [0.1, 0.15) is 0 Å². The topological polar surface area (TPSA) is 59.0 Å². The van der Waals surface area contributed by atoms with Crippen molar-refractivity contribution in [3.8, 4) is 0 Å². The second-order valence-corrected chi connectivity index (χ2v) is 9.11. The van der Waals surface area contributed by atoms with Crippen molar-refractivity contribution < 1.29 is 4.79 Å². The van der Waals surface area contributed by atoms with Gasteiger partial charge in [-0.3, -0.25) is 9.48 Å². The van der Waals surface area contributed by atoms with Crippen molar-refractivity contribution in [3.63, 3.8) is 0 Å². The van der Waals surface area contributed by atoms with Crippen molar-refractivity contribution in [1.82, 2.24) is 15.1 Å². The van der Waals surface area contributed by atoms with Gasteiger partial charge in [0.2, 0.25) is 0 Å². The fourth-order valence-corrected chi connectivity index (χ4v) is 6.13. The van der Waals surface area contributed by atoms with Crippen LogP contribution in [0.25, 0.3) is 0 Å². The van der Waals surface area contributed by atoms with Crippen molar-refractivity contribution in [1.29, 1.82) is 0 Å². The number of carbonyl (C=O) groups excluding carboxylic acids is 1. The van der Waals surface area contributed by atoms with Crippen LogP contribution in [0.15, 0.2) is 24.4 Å². The van der Waals surface area contributed by atoms with Crippen molar-refractivity contribution in [3.05, 3.63) is 46.8 Å². The summed E-state index contributed by atoms with van der Waals surface area (Å²) in [6.45, 7) is 6.52. The number of hydrogen-bond donors (Lipinski definition) is 2. The van der Waals surface area contributed by atoms with Gasteiger partial charge in [0.15, 0.2) is 0 Å². The lowest BCUT2D eigenvalue weighted by Gasteiger charge is -2.60. The maximum absolute atomic E-state index is 12.9. The Hall–Kier alpha value is -2.14. The number of aryl methyl sites for hydroxylation is 2. The molecule has 27 heavy (non-hydrogen) atoms. The summed E-state index contributed by atoms with van der Waals surface area (Å²) < 4.78 is 1.70. The predicted octanol–water partition coefficient (Wildman–Crippen LogP) is 3.71. The van der Waals surface area contributed by atoms with Gasteiger partial charge in [-0.2, -0.15) is 5.10 Å². The zero-order chi connectivity index (χ0) is 18.9. The molecule has 142 valence electrons. The van der Waals surface area contributed by atoms with Crippen LogP contribution in [0.5, 0.6) is 0 Å². The maximum atomic E-state index is 12.9. The molecular weight excluding hydrogens is 336 g/mol. The van der Waals surface area contributed by atoms with Crippen LogP contribution in [0.1, 0.15) is 72.1 Å². The van der Waals surface area contributed by atoms with Crippen LogP contribution in [0.2, 0.25) is 0 Å². The molecule has 2 aliphatic carbocycles. The van der Waals surface area contributed by atoms with E-state index in [2.05, 4.69) is 47.8 Å². The maximum Gasteiger partial charge on any atom is 0.259 e. The number of anilines is 1. The predicted molar refractivity (Wildman–Crippen MR) is 106 cm³/mol. The van der Waals surface area contributed by atoms with Gasteiger partial charge in [-0.1, -0.05) is 26.0 Å². The molecule has 4 unspecified atom stereocenters. The number of fused-ring (bicyclic) bond motifs is 2. The standard InChI is InChI=1S/C22H28N4O/c1-12(2)10-22-9-8-15-18-14(19(22)20(15)24-22)6-5-7-17(18)23-21(27)16-11-26(4)25-13(16)3/h5-7,11-12,15,19-20,24H,8-10H2,1-4H3,(H,23,27). The highest BCUT2D eigenvalue weighted by atomic mass is 16.1. The van der Waals surface area contributed by atoms with Gasteiger partial charge in [0.05, 0.1) is 11.3 Å². The fraction of sp³-hybridized carbons (Fsp3) is 0.545. The number of nitrogens with one attached hydrogen (secondary N) is 2. The highest BCUT2D eigenvalue weighted by Gasteiger charge is 2.64. The molecule has 1 saturated carbocycles. The van der Waals surface area contributed by atoms with E-state index in [0.29, 0.717) is 29.4 Å². The minimum Gasteiger partial charge on any atom is -0.322 e. The van der Waals surface area contributed by atoms with E-state index < -0.39 is 0 Å². The Morgan fingerprint density at radius 1 is 1.44 bits per heavy atom. The smallest absolute Gasteiger partial charge is 0.259 e. The van der Waals surface area contributed by atoms with Gasteiger partial charge in [-0.05, 0) is 49.3 Å². The summed E-state index contributed by atoms with van der Waals surface area (Å²) in [4.78, 5) is 12.9. The lowest BCUT2D eigenvalue weighted by molar-refractivity contribution is 0.0176. The largest absolute Gasteiger partial charge is 0.322 e. The zero-order valence-corrected chi connectivity index (χ0v) is 16.5.